The molecule has 0 saturated heterocycles. The lowest BCUT2D eigenvalue weighted by atomic mass is 9.93. The van der Waals surface area contributed by atoms with Gasteiger partial charge in [0, 0.05) is 40.6 Å². The number of hydrogen-bond donors (Lipinski definition) is 1. The van der Waals surface area contributed by atoms with Crippen molar-refractivity contribution in [3.8, 4) is 11.3 Å². The lowest BCUT2D eigenvalue weighted by Gasteiger charge is -2.27. The summed E-state index contributed by atoms with van der Waals surface area (Å²) in [6.45, 7) is 11.2. The number of rotatable bonds is 6. The Bertz CT molecular complexity index is 1510. The van der Waals surface area contributed by atoms with Gasteiger partial charge in [0.25, 0.3) is 0 Å². The number of carbonyl (C=O) groups is 1. The third kappa shape index (κ3) is 5.22. The first kappa shape index (κ1) is 26.7. The van der Waals surface area contributed by atoms with Crippen LogP contribution in [-0.2, 0) is 16.1 Å². The fourth-order valence-electron chi connectivity index (χ4n) is 4.51. The van der Waals surface area contributed by atoms with E-state index in [0.29, 0.717) is 44.1 Å². The van der Waals surface area contributed by atoms with Crippen LogP contribution in [0.3, 0.4) is 0 Å². The zero-order chi connectivity index (χ0) is 27.2. The summed E-state index contributed by atoms with van der Waals surface area (Å²) in [6.07, 6.45) is 0.196. The number of aliphatic carboxylic acids is 1. The van der Waals surface area contributed by atoms with Crippen molar-refractivity contribution in [2.24, 2.45) is 0 Å². The summed E-state index contributed by atoms with van der Waals surface area (Å²) in [5, 5.41) is 11.4. The maximum absolute atomic E-state index is 13.9. The van der Waals surface area contributed by atoms with Crippen LogP contribution in [0.1, 0.15) is 55.0 Å². The number of aryl methyl sites for hydroxylation is 2. The van der Waals surface area contributed by atoms with Gasteiger partial charge in [0.2, 0.25) is 0 Å². The minimum absolute atomic E-state index is 0.244. The van der Waals surface area contributed by atoms with Gasteiger partial charge in [0.15, 0.2) is 17.7 Å². The number of ether oxygens (including phenoxy) is 1. The van der Waals surface area contributed by atoms with Gasteiger partial charge in [0.05, 0.1) is 16.3 Å². The first-order valence-electron chi connectivity index (χ1n) is 11.7. The molecule has 0 amide bonds. The van der Waals surface area contributed by atoms with Crippen molar-refractivity contribution < 1.29 is 23.4 Å². The molecule has 4 rings (SSSR count). The Hall–Kier alpha value is -3.36. The normalized spacial score (nSPS) is 12.8. The predicted molar refractivity (Wildman–Crippen MR) is 139 cm³/mol. The third-order valence-corrected chi connectivity index (χ3v) is 6.47. The van der Waals surface area contributed by atoms with E-state index in [9.17, 15) is 18.7 Å². The standard InChI is InChI=1S/C28H28ClF2N3O3/c1-14-16(3)34(13-17-7-9-19(30)20(31)11-17)26-22(14)24(21-10-8-18(29)12-32-21)23(15(2)33-26)25(27(35)36)37-28(4,5)6/h7-12,25H,13H2,1-6H3,(H,35,36)/t25-/m0/s1. The first-order chi connectivity index (χ1) is 17.3. The quantitative estimate of drug-likeness (QED) is 0.294. The summed E-state index contributed by atoms with van der Waals surface area (Å²) >= 11 is 6.11. The summed E-state index contributed by atoms with van der Waals surface area (Å²) in [5.41, 5.74) is 4.06. The molecule has 37 heavy (non-hydrogen) atoms. The van der Waals surface area contributed by atoms with E-state index in [4.69, 9.17) is 21.3 Å². The molecule has 0 fully saturated rings. The maximum atomic E-state index is 13.9. The lowest BCUT2D eigenvalue weighted by molar-refractivity contribution is -0.160. The summed E-state index contributed by atoms with van der Waals surface area (Å²) in [6, 6.07) is 7.21. The van der Waals surface area contributed by atoms with E-state index in [2.05, 4.69) is 4.98 Å². The van der Waals surface area contributed by atoms with Crippen molar-refractivity contribution >= 4 is 28.6 Å². The SMILES string of the molecule is Cc1nc2c(c(C)c(C)n2Cc2ccc(F)c(F)c2)c(-c2ccc(Cl)cn2)c1[C@H](OC(C)(C)C)C(=O)O. The molecule has 1 atom stereocenters. The van der Waals surface area contributed by atoms with Gasteiger partial charge in [-0.05, 0) is 76.9 Å². The number of aromatic nitrogens is 3. The number of fused-ring (bicyclic) bond motifs is 1. The van der Waals surface area contributed by atoms with Crippen LogP contribution in [0, 0.1) is 32.4 Å². The minimum atomic E-state index is -1.31. The van der Waals surface area contributed by atoms with Crippen molar-refractivity contribution in [3.05, 3.63) is 81.3 Å². The predicted octanol–water partition coefficient (Wildman–Crippen LogP) is 6.94. The highest BCUT2D eigenvalue weighted by atomic mass is 35.5. The Kier molecular flexibility index (Phi) is 7.10. The molecule has 0 bridgehead atoms. The Labute approximate surface area is 218 Å². The number of carboxylic acid groups (broad SMARTS) is 1. The number of halogens is 3. The van der Waals surface area contributed by atoms with Crippen molar-refractivity contribution in [1.82, 2.24) is 14.5 Å². The van der Waals surface area contributed by atoms with Gasteiger partial charge in [-0.25, -0.2) is 18.6 Å². The van der Waals surface area contributed by atoms with Gasteiger partial charge in [-0.1, -0.05) is 17.7 Å². The zero-order valence-corrected chi connectivity index (χ0v) is 22.2. The summed E-state index contributed by atoms with van der Waals surface area (Å²) in [4.78, 5) is 21.8. The number of nitrogens with zero attached hydrogens (tertiary/aromatic N) is 3. The molecule has 0 aliphatic heterocycles. The molecule has 6 nitrogen and oxygen atoms in total. The average Bonchev–Trinajstić information content (AvgIpc) is 3.03. The van der Waals surface area contributed by atoms with Gasteiger partial charge in [-0.3, -0.25) is 4.98 Å². The topological polar surface area (TPSA) is 77.2 Å². The number of pyridine rings is 2. The van der Waals surface area contributed by atoms with Crippen molar-refractivity contribution in [2.45, 2.75) is 59.8 Å². The summed E-state index contributed by atoms with van der Waals surface area (Å²) < 4.78 is 35.4. The fourth-order valence-corrected chi connectivity index (χ4v) is 4.62. The second-order valence-corrected chi connectivity index (χ2v) is 10.5. The van der Waals surface area contributed by atoms with Crippen LogP contribution in [0.15, 0.2) is 36.5 Å². The molecular weight excluding hydrogens is 500 g/mol. The maximum Gasteiger partial charge on any atom is 0.337 e. The van der Waals surface area contributed by atoms with Crippen molar-refractivity contribution in [2.75, 3.05) is 0 Å². The van der Waals surface area contributed by atoms with E-state index in [1.807, 2.05) is 18.4 Å². The molecular formula is C28H28ClF2N3O3. The largest absolute Gasteiger partial charge is 0.479 e. The average molecular weight is 528 g/mol. The van der Waals surface area contributed by atoms with Gasteiger partial charge in [-0.15, -0.1) is 0 Å². The van der Waals surface area contributed by atoms with Crippen LogP contribution in [0.25, 0.3) is 22.3 Å². The van der Waals surface area contributed by atoms with Crippen LogP contribution in [0.4, 0.5) is 8.78 Å². The molecule has 194 valence electrons. The fraction of sp³-hybridized carbons (Fsp3) is 0.321. The van der Waals surface area contributed by atoms with Gasteiger partial charge < -0.3 is 14.4 Å². The molecule has 0 aliphatic rings. The molecule has 4 aromatic rings. The summed E-state index contributed by atoms with van der Waals surface area (Å²) in [5.74, 6) is -2.99. The van der Waals surface area contributed by atoms with Crippen LogP contribution >= 0.6 is 11.6 Å². The van der Waals surface area contributed by atoms with E-state index in [1.165, 1.54) is 12.3 Å². The van der Waals surface area contributed by atoms with Crippen LogP contribution in [-0.4, -0.2) is 31.2 Å². The molecule has 0 spiro atoms. The van der Waals surface area contributed by atoms with Crippen LogP contribution < -0.4 is 0 Å². The molecule has 3 aromatic heterocycles. The van der Waals surface area contributed by atoms with Gasteiger partial charge in [0.1, 0.15) is 5.65 Å². The Morgan fingerprint density at radius 2 is 1.84 bits per heavy atom. The molecule has 9 heteroatoms. The van der Waals surface area contributed by atoms with Crippen LogP contribution in [0.5, 0.6) is 0 Å². The monoisotopic (exact) mass is 527 g/mol. The van der Waals surface area contributed by atoms with Crippen molar-refractivity contribution in [3.63, 3.8) is 0 Å². The molecule has 0 aliphatic carbocycles. The van der Waals surface area contributed by atoms with E-state index in [0.717, 1.165) is 23.4 Å². The Balaban J connectivity index is 2.06. The zero-order valence-electron chi connectivity index (χ0n) is 21.5. The Morgan fingerprint density at radius 3 is 2.41 bits per heavy atom. The van der Waals surface area contributed by atoms with E-state index in [-0.39, 0.29) is 6.54 Å². The molecule has 0 saturated carbocycles. The summed E-state index contributed by atoms with van der Waals surface area (Å²) in [7, 11) is 0. The second-order valence-electron chi connectivity index (χ2n) is 10.0. The second kappa shape index (κ2) is 9.84. The smallest absolute Gasteiger partial charge is 0.337 e. The van der Waals surface area contributed by atoms with Gasteiger partial charge >= 0.3 is 5.97 Å². The molecule has 0 radical (unpaired) electrons. The molecule has 1 aromatic carbocycles. The highest BCUT2D eigenvalue weighted by Crippen LogP contribution is 2.41. The molecule has 0 unspecified atom stereocenters. The highest BCUT2D eigenvalue weighted by molar-refractivity contribution is 6.30. The molecule has 1 N–H and O–H groups in total. The lowest BCUT2D eigenvalue weighted by Crippen LogP contribution is -2.28. The third-order valence-electron chi connectivity index (χ3n) is 6.25. The molecule has 3 heterocycles. The first-order valence-corrected chi connectivity index (χ1v) is 12.1. The van der Waals surface area contributed by atoms with E-state index in [1.54, 1.807) is 39.8 Å². The minimum Gasteiger partial charge on any atom is -0.479 e. The van der Waals surface area contributed by atoms with Gasteiger partial charge in [-0.2, -0.15) is 0 Å². The number of carboxylic acids is 1. The highest BCUT2D eigenvalue weighted by Gasteiger charge is 2.34. The van der Waals surface area contributed by atoms with Crippen molar-refractivity contribution in [1.29, 1.82) is 0 Å². The number of benzene rings is 1. The van der Waals surface area contributed by atoms with E-state index >= 15 is 0 Å². The number of hydrogen-bond acceptors (Lipinski definition) is 4. The van der Waals surface area contributed by atoms with E-state index < -0.39 is 29.3 Å². The Morgan fingerprint density at radius 1 is 1.14 bits per heavy atom. The van der Waals surface area contributed by atoms with Crippen LogP contribution in [0.2, 0.25) is 5.02 Å².